The molecule has 1 heterocycles. The number of aromatic nitrogens is 1. The van der Waals surface area contributed by atoms with Crippen molar-refractivity contribution < 1.29 is 9.90 Å². The fraction of sp³-hybridized carbons (Fsp3) is 0.333. The van der Waals surface area contributed by atoms with E-state index in [0.717, 1.165) is 5.56 Å². The third-order valence-electron chi connectivity index (χ3n) is 3.78. The first-order valence-electron chi connectivity index (χ1n) is 7.91. The summed E-state index contributed by atoms with van der Waals surface area (Å²) in [5.41, 5.74) is 1.01. The smallest absolute Gasteiger partial charge is 0.319 e. The van der Waals surface area contributed by atoms with Gasteiger partial charge in [-0.1, -0.05) is 30.3 Å². The highest BCUT2D eigenvalue weighted by molar-refractivity contribution is 5.88. The van der Waals surface area contributed by atoms with E-state index in [1.807, 2.05) is 30.3 Å². The summed E-state index contributed by atoms with van der Waals surface area (Å²) in [4.78, 5) is 24.0. The molecule has 128 valence electrons. The monoisotopic (exact) mass is 329 g/mol. The normalized spacial score (nSPS) is 13.1. The summed E-state index contributed by atoms with van der Waals surface area (Å²) < 4.78 is 1.40. The van der Waals surface area contributed by atoms with E-state index in [2.05, 4.69) is 10.6 Å². The van der Waals surface area contributed by atoms with Crippen molar-refractivity contribution in [2.75, 3.05) is 11.9 Å². The van der Waals surface area contributed by atoms with Gasteiger partial charge >= 0.3 is 6.03 Å². The van der Waals surface area contributed by atoms with Gasteiger partial charge in [-0.3, -0.25) is 4.79 Å². The van der Waals surface area contributed by atoms with E-state index >= 15 is 0 Å². The van der Waals surface area contributed by atoms with Crippen LogP contribution < -0.4 is 16.2 Å². The number of aryl methyl sites for hydroxylation is 1. The molecule has 1 aromatic carbocycles. The third-order valence-corrected chi connectivity index (χ3v) is 3.78. The molecule has 0 saturated carbocycles. The number of urea groups is 1. The van der Waals surface area contributed by atoms with Crippen molar-refractivity contribution in [2.24, 2.45) is 7.05 Å². The summed E-state index contributed by atoms with van der Waals surface area (Å²) in [6.45, 7) is 2.09. The van der Waals surface area contributed by atoms with Gasteiger partial charge in [0.15, 0.2) is 0 Å². The molecule has 6 nitrogen and oxygen atoms in total. The Morgan fingerprint density at radius 1 is 1.21 bits per heavy atom. The van der Waals surface area contributed by atoms with Crippen molar-refractivity contribution in [2.45, 2.75) is 25.4 Å². The average molecular weight is 329 g/mol. The van der Waals surface area contributed by atoms with E-state index < -0.39 is 12.1 Å². The Kier molecular flexibility index (Phi) is 6.14. The van der Waals surface area contributed by atoms with Crippen LogP contribution in [0.5, 0.6) is 0 Å². The fourth-order valence-corrected chi connectivity index (χ4v) is 2.55. The minimum atomic E-state index is -0.471. The first kappa shape index (κ1) is 17.7. The summed E-state index contributed by atoms with van der Waals surface area (Å²) in [6, 6.07) is 12.5. The van der Waals surface area contributed by atoms with Crippen LogP contribution in [0.1, 0.15) is 24.8 Å². The number of aliphatic hydroxyl groups excluding tert-OH is 1. The number of carbonyl (C=O) groups excluding carboxylic acids is 1. The molecule has 0 aliphatic carbocycles. The molecule has 0 radical (unpaired) electrons. The molecule has 0 saturated heterocycles. The Morgan fingerprint density at radius 2 is 1.92 bits per heavy atom. The molecule has 0 aliphatic heterocycles. The van der Waals surface area contributed by atoms with Crippen molar-refractivity contribution in [3.05, 3.63) is 64.6 Å². The molecule has 0 aliphatic rings. The van der Waals surface area contributed by atoms with Gasteiger partial charge in [0.1, 0.15) is 5.69 Å². The highest BCUT2D eigenvalue weighted by atomic mass is 16.3. The second kappa shape index (κ2) is 8.31. The average Bonchev–Trinajstić information content (AvgIpc) is 2.56. The van der Waals surface area contributed by atoms with Crippen LogP contribution in [-0.4, -0.2) is 28.4 Å². The van der Waals surface area contributed by atoms with Gasteiger partial charge < -0.3 is 20.3 Å². The Bertz CT molecular complexity index is 726. The maximum Gasteiger partial charge on any atom is 0.319 e. The number of hydrogen-bond acceptors (Lipinski definition) is 3. The number of rotatable bonds is 6. The van der Waals surface area contributed by atoms with Crippen molar-refractivity contribution in [1.29, 1.82) is 0 Å². The lowest BCUT2D eigenvalue weighted by Crippen LogP contribution is -2.35. The van der Waals surface area contributed by atoms with Crippen molar-refractivity contribution >= 4 is 11.7 Å². The number of nitrogens with zero attached hydrogens (tertiary/aromatic N) is 1. The number of carbonyl (C=O) groups is 1. The summed E-state index contributed by atoms with van der Waals surface area (Å²) in [5, 5.41) is 15.0. The second-order valence-electron chi connectivity index (χ2n) is 5.87. The molecule has 1 aromatic heterocycles. The summed E-state index contributed by atoms with van der Waals surface area (Å²) in [7, 11) is 1.62. The largest absolute Gasteiger partial charge is 0.393 e. The summed E-state index contributed by atoms with van der Waals surface area (Å²) in [5.74, 6) is -0.00411. The van der Waals surface area contributed by atoms with Gasteiger partial charge in [0.25, 0.3) is 5.56 Å². The highest BCUT2D eigenvalue weighted by Crippen LogP contribution is 2.20. The molecule has 2 unspecified atom stereocenters. The van der Waals surface area contributed by atoms with Gasteiger partial charge in [-0.2, -0.15) is 0 Å². The van der Waals surface area contributed by atoms with Crippen LogP contribution in [0.4, 0.5) is 10.5 Å². The highest BCUT2D eigenvalue weighted by Gasteiger charge is 2.15. The first-order valence-corrected chi connectivity index (χ1v) is 7.91. The number of amides is 2. The number of benzene rings is 1. The molecule has 2 rings (SSSR count). The zero-order valence-corrected chi connectivity index (χ0v) is 13.9. The third kappa shape index (κ3) is 4.96. The Hall–Kier alpha value is -2.60. The van der Waals surface area contributed by atoms with E-state index in [1.54, 1.807) is 32.3 Å². The molecule has 2 aromatic rings. The molecular formula is C18H23N3O3. The molecule has 0 spiro atoms. The first-order chi connectivity index (χ1) is 11.5. The Balaban J connectivity index is 1.99. The summed E-state index contributed by atoms with van der Waals surface area (Å²) >= 11 is 0. The van der Waals surface area contributed by atoms with E-state index in [-0.39, 0.29) is 17.2 Å². The van der Waals surface area contributed by atoms with Crippen molar-refractivity contribution in [1.82, 2.24) is 9.88 Å². The summed E-state index contributed by atoms with van der Waals surface area (Å²) in [6.07, 6.45) is 1.69. The van der Waals surface area contributed by atoms with Crippen LogP contribution in [-0.2, 0) is 7.05 Å². The van der Waals surface area contributed by atoms with Gasteiger partial charge in [-0.05, 0) is 31.0 Å². The molecular weight excluding hydrogens is 306 g/mol. The number of aliphatic hydroxyl groups is 1. The molecule has 6 heteroatoms. The topological polar surface area (TPSA) is 83.4 Å². The van der Waals surface area contributed by atoms with Crippen LogP contribution >= 0.6 is 0 Å². The van der Waals surface area contributed by atoms with Crippen LogP contribution in [0.3, 0.4) is 0 Å². The van der Waals surface area contributed by atoms with Gasteiger partial charge in [-0.25, -0.2) is 4.79 Å². The second-order valence-corrected chi connectivity index (χ2v) is 5.87. The quantitative estimate of drug-likeness (QED) is 0.758. The molecule has 24 heavy (non-hydrogen) atoms. The van der Waals surface area contributed by atoms with Crippen molar-refractivity contribution in [3.63, 3.8) is 0 Å². The van der Waals surface area contributed by atoms with Gasteiger partial charge in [0.2, 0.25) is 0 Å². The zero-order chi connectivity index (χ0) is 17.5. The molecule has 2 atom stereocenters. The predicted octanol–water partition coefficient (Wildman–Crippen LogP) is 2.06. The Morgan fingerprint density at radius 3 is 2.58 bits per heavy atom. The molecule has 3 N–H and O–H groups in total. The fourth-order valence-electron chi connectivity index (χ4n) is 2.55. The zero-order valence-electron chi connectivity index (χ0n) is 13.9. The van der Waals surface area contributed by atoms with E-state index in [0.29, 0.717) is 13.0 Å². The van der Waals surface area contributed by atoms with Gasteiger partial charge in [0.05, 0.1) is 6.10 Å². The van der Waals surface area contributed by atoms with Crippen LogP contribution in [0.25, 0.3) is 0 Å². The van der Waals surface area contributed by atoms with Crippen LogP contribution in [0.2, 0.25) is 0 Å². The number of pyridine rings is 1. The van der Waals surface area contributed by atoms with Gasteiger partial charge in [0, 0.05) is 25.7 Å². The van der Waals surface area contributed by atoms with E-state index in [9.17, 15) is 14.7 Å². The SMILES string of the molecule is CC(O)CC(CNC(=O)Nc1cccn(C)c1=O)c1ccccc1. The molecule has 2 amide bonds. The lowest BCUT2D eigenvalue weighted by Gasteiger charge is -2.19. The maximum absolute atomic E-state index is 12.1. The van der Waals surface area contributed by atoms with Crippen LogP contribution in [0.15, 0.2) is 53.5 Å². The van der Waals surface area contributed by atoms with E-state index in [4.69, 9.17) is 0 Å². The maximum atomic E-state index is 12.1. The lowest BCUT2D eigenvalue weighted by atomic mass is 9.93. The molecule has 0 fully saturated rings. The predicted molar refractivity (Wildman–Crippen MR) is 94.2 cm³/mol. The van der Waals surface area contributed by atoms with E-state index in [1.165, 1.54) is 4.57 Å². The van der Waals surface area contributed by atoms with Crippen molar-refractivity contribution in [3.8, 4) is 0 Å². The molecule has 0 bridgehead atoms. The Labute approximate surface area is 141 Å². The number of hydrogen-bond donors (Lipinski definition) is 3. The lowest BCUT2D eigenvalue weighted by molar-refractivity contribution is 0.173. The number of nitrogens with one attached hydrogen (secondary N) is 2. The minimum Gasteiger partial charge on any atom is -0.393 e. The minimum absolute atomic E-state index is 0.00411. The standard InChI is InChI=1S/C18H23N3O3/c1-13(22)11-15(14-7-4-3-5-8-14)12-19-18(24)20-16-9-6-10-21(2)17(16)23/h3-10,13,15,22H,11-12H2,1-2H3,(H2,19,20,24). The van der Waals surface area contributed by atoms with Gasteiger partial charge in [-0.15, -0.1) is 0 Å². The number of anilines is 1. The van der Waals surface area contributed by atoms with Crippen LogP contribution in [0, 0.1) is 0 Å².